The minimum absolute atomic E-state index is 0.111. The second-order valence-corrected chi connectivity index (χ2v) is 6.48. The van der Waals surface area contributed by atoms with Gasteiger partial charge in [0.1, 0.15) is 5.82 Å². The third-order valence-corrected chi connectivity index (χ3v) is 4.51. The number of rotatable bonds is 5. The summed E-state index contributed by atoms with van der Waals surface area (Å²) >= 11 is 0. The van der Waals surface area contributed by atoms with E-state index in [1.807, 2.05) is 19.9 Å². The first kappa shape index (κ1) is 16.5. The maximum absolute atomic E-state index is 13.0. The van der Waals surface area contributed by atoms with Crippen LogP contribution in [0.5, 0.6) is 0 Å². The van der Waals surface area contributed by atoms with Gasteiger partial charge in [-0.05, 0) is 57.0 Å². The smallest absolute Gasteiger partial charge is 0.340 e. The molecule has 0 radical (unpaired) electrons. The van der Waals surface area contributed by atoms with Crippen molar-refractivity contribution in [3.8, 4) is 11.4 Å². The van der Waals surface area contributed by atoms with Crippen LogP contribution in [0.4, 0.5) is 4.39 Å². The van der Waals surface area contributed by atoms with E-state index in [9.17, 15) is 9.18 Å². The van der Waals surface area contributed by atoms with E-state index < -0.39 is 5.97 Å². The van der Waals surface area contributed by atoms with E-state index in [-0.39, 0.29) is 18.3 Å². The van der Waals surface area contributed by atoms with E-state index in [4.69, 9.17) is 9.26 Å². The highest BCUT2D eigenvalue weighted by molar-refractivity contribution is 5.91. The monoisotopic (exact) mass is 355 g/mol. The average Bonchev–Trinajstić information content (AvgIpc) is 3.26. The highest BCUT2D eigenvalue weighted by Crippen LogP contribution is 2.38. The van der Waals surface area contributed by atoms with Crippen LogP contribution in [-0.2, 0) is 11.3 Å². The molecule has 0 bridgehead atoms. The molecule has 26 heavy (non-hydrogen) atoms. The van der Waals surface area contributed by atoms with Crippen LogP contribution in [0.2, 0.25) is 0 Å². The molecular formula is C19H18FN3O3. The summed E-state index contributed by atoms with van der Waals surface area (Å²) in [5, 5.41) is 3.83. The van der Waals surface area contributed by atoms with Gasteiger partial charge in [-0.1, -0.05) is 5.16 Å². The van der Waals surface area contributed by atoms with Crippen LogP contribution in [0, 0.1) is 19.7 Å². The lowest BCUT2D eigenvalue weighted by molar-refractivity contribution is 0.0429. The number of benzene rings is 1. The number of hydrogen-bond acceptors (Lipinski definition) is 5. The number of nitrogens with zero attached hydrogens (tertiary/aromatic N) is 3. The number of esters is 1. The zero-order valence-electron chi connectivity index (χ0n) is 14.5. The maximum atomic E-state index is 13.0. The first-order valence-electron chi connectivity index (χ1n) is 8.47. The van der Waals surface area contributed by atoms with Gasteiger partial charge < -0.3 is 13.8 Å². The number of carbonyl (C=O) groups is 1. The summed E-state index contributed by atoms with van der Waals surface area (Å²) in [6.45, 7) is 3.82. The Bertz CT molecular complexity index is 955. The van der Waals surface area contributed by atoms with E-state index in [2.05, 4.69) is 14.7 Å². The standard InChI is InChI=1S/C19H18FN3O3/c1-11-9-16(12(2)23(11)15-7-8-15)19(24)25-10-17-21-18(22-26-17)13-3-5-14(20)6-4-13/h3-6,9,15H,7-8,10H2,1-2H3. The molecule has 0 amide bonds. The summed E-state index contributed by atoms with van der Waals surface area (Å²) in [7, 11) is 0. The molecule has 1 fully saturated rings. The zero-order chi connectivity index (χ0) is 18.3. The topological polar surface area (TPSA) is 70.2 Å². The normalized spacial score (nSPS) is 13.8. The van der Waals surface area contributed by atoms with Gasteiger partial charge in [-0.2, -0.15) is 4.98 Å². The fourth-order valence-electron chi connectivity index (χ4n) is 3.11. The molecule has 7 heteroatoms. The molecule has 1 aliphatic carbocycles. The SMILES string of the molecule is Cc1cc(C(=O)OCc2nc(-c3ccc(F)cc3)no2)c(C)n1C1CC1. The highest BCUT2D eigenvalue weighted by atomic mass is 19.1. The summed E-state index contributed by atoms with van der Waals surface area (Å²) in [4.78, 5) is 16.6. The molecule has 0 spiro atoms. The molecule has 1 aromatic carbocycles. The second kappa shape index (κ2) is 6.40. The Balaban J connectivity index is 1.44. The largest absolute Gasteiger partial charge is 0.452 e. The van der Waals surface area contributed by atoms with E-state index in [0.717, 1.165) is 24.2 Å². The summed E-state index contributed by atoms with van der Waals surface area (Å²) in [5.41, 5.74) is 3.18. The predicted molar refractivity (Wildman–Crippen MR) is 91.0 cm³/mol. The predicted octanol–water partition coefficient (Wildman–Crippen LogP) is 3.99. The summed E-state index contributed by atoms with van der Waals surface area (Å²) in [5.74, 6) is -0.238. The Labute approximate surface area is 149 Å². The van der Waals surface area contributed by atoms with Gasteiger partial charge in [-0.25, -0.2) is 9.18 Å². The number of aryl methyl sites for hydroxylation is 1. The minimum atomic E-state index is -0.411. The molecule has 0 atom stereocenters. The van der Waals surface area contributed by atoms with Gasteiger partial charge in [0, 0.05) is 23.0 Å². The van der Waals surface area contributed by atoms with Gasteiger partial charge in [-0.3, -0.25) is 0 Å². The number of aromatic nitrogens is 3. The van der Waals surface area contributed by atoms with Crippen molar-refractivity contribution < 1.29 is 18.4 Å². The number of carbonyl (C=O) groups excluding carboxylic acids is 1. The molecule has 0 aliphatic heterocycles. The second-order valence-electron chi connectivity index (χ2n) is 6.48. The van der Waals surface area contributed by atoms with E-state index in [0.29, 0.717) is 23.0 Å². The van der Waals surface area contributed by atoms with Crippen molar-refractivity contribution in [3.05, 3.63) is 59.0 Å². The lowest BCUT2D eigenvalue weighted by Gasteiger charge is -2.07. The maximum Gasteiger partial charge on any atom is 0.340 e. The van der Waals surface area contributed by atoms with Crippen molar-refractivity contribution in [2.45, 2.75) is 39.3 Å². The Morgan fingerprint density at radius 1 is 1.31 bits per heavy atom. The molecule has 134 valence electrons. The molecule has 0 unspecified atom stereocenters. The van der Waals surface area contributed by atoms with Crippen molar-refractivity contribution >= 4 is 5.97 Å². The number of halogens is 1. The Morgan fingerprint density at radius 3 is 2.73 bits per heavy atom. The molecule has 0 N–H and O–H groups in total. The lowest BCUT2D eigenvalue weighted by atomic mass is 10.2. The average molecular weight is 355 g/mol. The summed E-state index contributed by atoms with van der Waals surface area (Å²) in [6, 6.07) is 8.12. The molecule has 0 saturated heterocycles. The first-order valence-corrected chi connectivity index (χ1v) is 8.47. The van der Waals surface area contributed by atoms with Gasteiger partial charge in [0.2, 0.25) is 5.82 Å². The van der Waals surface area contributed by atoms with Crippen LogP contribution < -0.4 is 0 Å². The molecular weight excluding hydrogens is 337 g/mol. The van der Waals surface area contributed by atoms with Crippen LogP contribution in [-0.4, -0.2) is 20.7 Å². The Hall–Kier alpha value is -2.96. The zero-order valence-corrected chi connectivity index (χ0v) is 14.5. The summed E-state index contributed by atoms with van der Waals surface area (Å²) in [6.07, 6.45) is 2.30. The van der Waals surface area contributed by atoms with Gasteiger partial charge >= 0.3 is 5.97 Å². The van der Waals surface area contributed by atoms with Crippen molar-refractivity contribution in [1.82, 2.24) is 14.7 Å². The fraction of sp³-hybridized carbons (Fsp3) is 0.316. The van der Waals surface area contributed by atoms with E-state index in [1.54, 1.807) is 12.1 Å². The van der Waals surface area contributed by atoms with Gasteiger partial charge in [0.25, 0.3) is 5.89 Å². The van der Waals surface area contributed by atoms with Gasteiger partial charge in [-0.15, -0.1) is 0 Å². The highest BCUT2D eigenvalue weighted by Gasteiger charge is 2.28. The fourth-order valence-corrected chi connectivity index (χ4v) is 3.11. The Morgan fingerprint density at radius 2 is 2.04 bits per heavy atom. The van der Waals surface area contributed by atoms with Crippen LogP contribution >= 0.6 is 0 Å². The van der Waals surface area contributed by atoms with E-state index >= 15 is 0 Å². The van der Waals surface area contributed by atoms with Crippen LogP contribution in [0.15, 0.2) is 34.9 Å². The van der Waals surface area contributed by atoms with Crippen molar-refractivity contribution in [2.24, 2.45) is 0 Å². The quantitative estimate of drug-likeness (QED) is 0.647. The summed E-state index contributed by atoms with van der Waals surface area (Å²) < 4.78 is 25.6. The number of hydrogen-bond donors (Lipinski definition) is 0. The molecule has 1 aliphatic rings. The third kappa shape index (κ3) is 3.12. The molecule has 6 nitrogen and oxygen atoms in total. The third-order valence-electron chi connectivity index (χ3n) is 4.51. The Kier molecular flexibility index (Phi) is 4.06. The number of ether oxygens (including phenoxy) is 1. The van der Waals surface area contributed by atoms with Crippen LogP contribution in [0.25, 0.3) is 11.4 Å². The van der Waals surface area contributed by atoms with Gasteiger partial charge in [0.05, 0.1) is 5.56 Å². The molecule has 2 aromatic heterocycles. The molecule has 2 heterocycles. The van der Waals surface area contributed by atoms with Crippen LogP contribution in [0.3, 0.4) is 0 Å². The van der Waals surface area contributed by atoms with Crippen LogP contribution in [0.1, 0.15) is 46.5 Å². The first-order chi connectivity index (χ1) is 12.5. The lowest BCUT2D eigenvalue weighted by Crippen LogP contribution is -2.07. The molecule has 3 aromatic rings. The van der Waals surface area contributed by atoms with Crippen molar-refractivity contribution in [3.63, 3.8) is 0 Å². The minimum Gasteiger partial charge on any atom is -0.452 e. The molecule has 1 saturated carbocycles. The van der Waals surface area contributed by atoms with Crippen molar-refractivity contribution in [1.29, 1.82) is 0 Å². The van der Waals surface area contributed by atoms with Crippen molar-refractivity contribution in [2.75, 3.05) is 0 Å². The van der Waals surface area contributed by atoms with Gasteiger partial charge in [0.15, 0.2) is 6.61 Å². The van der Waals surface area contributed by atoms with E-state index in [1.165, 1.54) is 12.1 Å². The molecule has 4 rings (SSSR count).